The van der Waals surface area contributed by atoms with Crippen LogP contribution in [0.4, 0.5) is 5.69 Å². The van der Waals surface area contributed by atoms with Crippen molar-refractivity contribution < 1.29 is 29.0 Å². The molecule has 0 atom stereocenters. The molecule has 1 N–H and O–H groups in total. The van der Waals surface area contributed by atoms with Crippen LogP contribution >= 0.6 is 34.4 Å². The highest BCUT2D eigenvalue weighted by molar-refractivity contribution is 14.1. The largest absolute Gasteiger partial charge is 0.481 e. The van der Waals surface area contributed by atoms with Crippen LogP contribution in [0.5, 0.6) is 5.75 Å². The molecule has 1 amide bonds. The summed E-state index contributed by atoms with van der Waals surface area (Å²) in [5.41, 5.74) is 1.52. The SMILES string of the molecule is COC(=O)COc1ccc(/C=C2\SC(=Nc3ccc(C(=O)O)cc3)N(C)C2=O)cc1I. The van der Waals surface area contributed by atoms with Crippen LogP contribution in [-0.4, -0.2) is 53.8 Å². The van der Waals surface area contributed by atoms with Crippen LogP contribution in [-0.2, 0) is 14.3 Å². The van der Waals surface area contributed by atoms with Crippen molar-refractivity contribution in [3.8, 4) is 5.75 Å². The number of aliphatic imine (C=N–C) groups is 1. The quantitative estimate of drug-likeness (QED) is 0.331. The minimum absolute atomic E-state index is 0.168. The molecular formula is C21H17IN2O6S. The van der Waals surface area contributed by atoms with Crippen molar-refractivity contribution in [3.63, 3.8) is 0 Å². The number of carboxylic acids is 1. The molecule has 1 saturated heterocycles. The second kappa shape index (κ2) is 9.96. The lowest BCUT2D eigenvalue weighted by molar-refractivity contribution is -0.142. The van der Waals surface area contributed by atoms with Gasteiger partial charge in [0.15, 0.2) is 11.8 Å². The van der Waals surface area contributed by atoms with Crippen molar-refractivity contribution in [2.45, 2.75) is 0 Å². The van der Waals surface area contributed by atoms with Crippen molar-refractivity contribution in [1.29, 1.82) is 0 Å². The Kier molecular flexibility index (Phi) is 7.33. The number of nitrogens with zero attached hydrogens (tertiary/aromatic N) is 2. The zero-order valence-corrected chi connectivity index (χ0v) is 19.5. The number of benzene rings is 2. The zero-order chi connectivity index (χ0) is 22.5. The van der Waals surface area contributed by atoms with Gasteiger partial charge in [0.2, 0.25) is 0 Å². The van der Waals surface area contributed by atoms with E-state index in [0.717, 1.165) is 9.13 Å². The number of likely N-dealkylation sites (N-methyl/N-ethyl adjacent to an activating group) is 1. The first kappa shape index (κ1) is 22.8. The lowest BCUT2D eigenvalue weighted by atomic mass is 10.2. The van der Waals surface area contributed by atoms with E-state index in [1.807, 2.05) is 6.07 Å². The molecule has 31 heavy (non-hydrogen) atoms. The van der Waals surface area contributed by atoms with Crippen molar-refractivity contribution >= 4 is 69.1 Å². The third-order valence-corrected chi connectivity index (χ3v) is 6.07. The van der Waals surface area contributed by atoms with Crippen LogP contribution in [0, 0.1) is 3.57 Å². The molecule has 0 saturated carbocycles. The molecule has 0 aromatic heterocycles. The van der Waals surface area contributed by atoms with Gasteiger partial charge >= 0.3 is 11.9 Å². The molecule has 1 aliphatic rings. The van der Waals surface area contributed by atoms with Gasteiger partial charge in [-0.15, -0.1) is 0 Å². The number of ether oxygens (including phenoxy) is 2. The van der Waals surface area contributed by atoms with E-state index in [2.05, 4.69) is 32.3 Å². The van der Waals surface area contributed by atoms with Crippen LogP contribution in [0.2, 0.25) is 0 Å². The molecule has 0 radical (unpaired) electrons. The van der Waals surface area contributed by atoms with Gasteiger partial charge in [-0.3, -0.25) is 9.69 Å². The number of carbonyl (C=O) groups excluding carboxylic acids is 2. The van der Waals surface area contributed by atoms with Gasteiger partial charge in [-0.05, 0) is 82.4 Å². The molecule has 1 aliphatic heterocycles. The fraction of sp³-hybridized carbons (Fsp3) is 0.143. The normalized spacial score (nSPS) is 16.1. The predicted octanol–water partition coefficient (Wildman–Crippen LogP) is 3.78. The lowest BCUT2D eigenvalue weighted by Crippen LogP contribution is -2.23. The third kappa shape index (κ3) is 5.64. The topological polar surface area (TPSA) is 106 Å². The fourth-order valence-corrected chi connectivity index (χ4v) is 4.19. The number of methoxy groups -OCH3 is 1. The average Bonchev–Trinajstić information content (AvgIpc) is 3.01. The van der Waals surface area contributed by atoms with Crippen molar-refractivity contribution in [1.82, 2.24) is 4.90 Å². The monoisotopic (exact) mass is 552 g/mol. The third-order valence-electron chi connectivity index (χ3n) is 4.17. The fourth-order valence-electron chi connectivity index (χ4n) is 2.51. The van der Waals surface area contributed by atoms with Crippen molar-refractivity contribution in [2.75, 3.05) is 20.8 Å². The van der Waals surface area contributed by atoms with Gasteiger partial charge in [0.05, 0.1) is 26.8 Å². The van der Waals surface area contributed by atoms with Crippen LogP contribution in [0.1, 0.15) is 15.9 Å². The first-order valence-corrected chi connectivity index (χ1v) is 10.8. The summed E-state index contributed by atoms with van der Waals surface area (Å²) in [6.07, 6.45) is 1.76. The molecule has 3 rings (SSSR count). The number of halogens is 1. The molecule has 8 nitrogen and oxygen atoms in total. The van der Waals surface area contributed by atoms with E-state index in [4.69, 9.17) is 9.84 Å². The summed E-state index contributed by atoms with van der Waals surface area (Å²) in [5.74, 6) is -1.12. The first-order chi connectivity index (χ1) is 14.8. The maximum Gasteiger partial charge on any atom is 0.343 e. The highest BCUT2D eigenvalue weighted by Gasteiger charge is 2.30. The van der Waals surface area contributed by atoms with Gasteiger partial charge in [-0.2, -0.15) is 0 Å². The van der Waals surface area contributed by atoms with E-state index in [-0.39, 0.29) is 18.1 Å². The van der Waals surface area contributed by atoms with Gasteiger partial charge < -0.3 is 14.6 Å². The first-order valence-electron chi connectivity index (χ1n) is 8.87. The van der Waals surface area contributed by atoms with Crippen molar-refractivity contribution in [2.24, 2.45) is 4.99 Å². The van der Waals surface area contributed by atoms with Crippen molar-refractivity contribution in [3.05, 3.63) is 62.1 Å². The number of rotatable bonds is 6. The molecule has 0 spiro atoms. The highest BCUT2D eigenvalue weighted by Crippen LogP contribution is 2.34. The number of amidine groups is 1. The number of amides is 1. The summed E-state index contributed by atoms with van der Waals surface area (Å²) in [5, 5.41) is 9.48. The van der Waals surface area contributed by atoms with E-state index >= 15 is 0 Å². The summed E-state index contributed by atoms with van der Waals surface area (Å²) in [4.78, 5) is 41.2. The number of esters is 1. The smallest absolute Gasteiger partial charge is 0.343 e. The second-order valence-corrected chi connectivity index (χ2v) is 8.45. The highest BCUT2D eigenvalue weighted by atomic mass is 127. The van der Waals surface area contributed by atoms with Gasteiger partial charge in [-0.1, -0.05) is 6.07 Å². The number of thioether (sulfide) groups is 1. The molecule has 10 heteroatoms. The Hall–Kier alpha value is -2.86. The van der Waals surface area contributed by atoms with Gasteiger partial charge in [0.25, 0.3) is 5.91 Å². The summed E-state index contributed by atoms with van der Waals surface area (Å²) < 4.78 is 10.8. The van der Waals surface area contributed by atoms with E-state index < -0.39 is 11.9 Å². The lowest BCUT2D eigenvalue weighted by Gasteiger charge is -2.08. The number of carboxylic acid groups (broad SMARTS) is 1. The summed E-state index contributed by atoms with van der Waals surface area (Å²) in [7, 11) is 2.93. The Bertz CT molecular complexity index is 1100. The maximum atomic E-state index is 12.6. The summed E-state index contributed by atoms with van der Waals surface area (Å²) in [6.45, 7) is -0.181. The molecule has 0 bridgehead atoms. The summed E-state index contributed by atoms with van der Waals surface area (Å²) >= 11 is 3.32. The zero-order valence-electron chi connectivity index (χ0n) is 16.5. The van der Waals surface area contributed by atoms with E-state index in [1.165, 1.54) is 35.9 Å². The van der Waals surface area contributed by atoms with Gasteiger partial charge in [0.1, 0.15) is 5.75 Å². The molecule has 0 aliphatic carbocycles. The Morgan fingerprint density at radius 2 is 1.94 bits per heavy atom. The number of carbonyl (C=O) groups is 3. The minimum atomic E-state index is -1.01. The summed E-state index contributed by atoms with van der Waals surface area (Å²) in [6, 6.07) is 11.5. The van der Waals surface area contributed by atoms with Crippen LogP contribution < -0.4 is 4.74 Å². The molecule has 1 fully saturated rings. The molecule has 1 heterocycles. The maximum absolute atomic E-state index is 12.6. The van der Waals surface area contributed by atoms with E-state index in [0.29, 0.717) is 21.5 Å². The number of hydrogen-bond donors (Lipinski definition) is 1. The van der Waals surface area contributed by atoms with E-state index in [9.17, 15) is 14.4 Å². The Morgan fingerprint density at radius 3 is 2.55 bits per heavy atom. The Morgan fingerprint density at radius 1 is 1.23 bits per heavy atom. The Labute approximate surface area is 196 Å². The minimum Gasteiger partial charge on any atom is -0.481 e. The Balaban J connectivity index is 1.77. The van der Waals surface area contributed by atoms with Crippen LogP contribution in [0.3, 0.4) is 0 Å². The average molecular weight is 552 g/mol. The number of aromatic carboxylic acids is 1. The van der Waals surface area contributed by atoms with Crippen LogP contribution in [0.15, 0.2) is 52.4 Å². The standard InChI is InChI=1S/C21H17IN2O6S/c1-24-19(26)17(31-21(24)23-14-6-4-13(5-7-14)20(27)28)10-12-3-8-16(15(22)9-12)30-11-18(25)29-2/h3-10H,11H2,1-2H3,(H,27,28)/b17-10-,23-21?. The molecule has 2 aromatic carbocycles. The van der Waals surface area contributed by atoms with Gasteiger partial charge in [0, 0.05) is 7.05 Å². The second-order valence-electron chi connectivity index (χ2n) is 6.28. The molecule has 2 aromatic rings. The van der Waals surface area contributed by atoms with Gasteiger partial charge in [-0.25, -0.2) is 14.6 Å². The molecular weight excluding hydrogens is 535 g/mol. The van der Waals surface area contributed by atoms with E-state index in [1.54, 1.807) is 37.4 Å². The molecule has 160 valence electrons. The predicted molar refractivity (Wildman–Crippen MR) is 126 cm³/mol. The number of hydrogen-bond acceptors (Lipinski definition) is 7. The molecule has 0 unspecified atom stereocenters. The van der Waals surface area contributed by atoms with Crippen LogP contribution in [0.25, 0.3) is 6.08 Å².